The summed E-state index contributed by atoms with van der Waals surface area (Å²) in [6, 6.07) is 14.8. The van der Waals surface area contributed by atoms with Gasteiger partial charge in [0.15, 0.2) is 5.13 Å². The zero-order valence-corrected chi connectivity index (χ0v) is 16.9. The number of carbonyl (C=O) groups is 1. The number of aromatic amines is 1. The van der Waals surface area contributed by atoms with E-state index in [0.29, 0.717) is 39.7 Å². The van der Waals surface area contributed by atoms with Gasteiger partial charge in [0, 0.05) is 35.4 Å². The molecule has 8 heteroatoms. The number of hydrogen-bond donors (Lipinski definition) is 2. The number of H-pyrrole nitrogens is 1. The van der Waals surface area contributed by atoms with Crippen molar-refractivity contribution in [3.63, 3.8) is 0 Å². The first-order valence-electron chi connectivity index (χ1n) is 9.04. The van der Waals surface area contributed by atoms with Gasteiger partial charge in [0.25, 0.3) is 5.56 Å². The summed E-state index contributed by atoms with van der Waals surface area (Å²) in [6.07, 6.45) is 2.94. The van der Waals surface area contributed by atoms with Gasteiger partial charge in [-0.1, -0.05) is 41.9 Å². The number of aromatic nitrogens is 3. The summed E-state index contributed by atoms with van der Waals surface area (Å²) < 4.78 is 0. The molecule has 0 atom stereocenters. The maximum atomic E-state index is 12.3. The molecule has 0 aliphatic rings. The third-order valence-electron chi connectivity index (χ3n) is 4.37. The van der Waals surface area contributed by atoms with Gasteiger partial charge >= 0.3 is 0 Å². The first-order chi connectivity index (χ1) is 14.1. The number of nitrogens with zero attached hydrogens (tertiary/aromatic N) is 2. The molecule has 2 aromatic heterocycles. The summed E-state index contributed by atoms with van der Waals surface area (Å²) >= 11 is 7.61. The molecule has 0 bridgehead atoms. The number of rotatable bonds is 6. The number of fused-ring (bicyclic) bond motifs is 1. The highest BCUT2D eigenvalue weighted by atomic mass is 35.5. The van der Waals surface area contributed by atoms with Crippen LogP contribution in [0.2, 0.25) is 5.02 Å². The average Bonchev–Trinajstić information content (AvgIpc) is 3.15. The van der Waals surface area contributed by atoms with Crippen LogP contribution in [0.1, 0.15) is 22.7 Å². The second kappa shape index (κ2) is 8.55. The van der Waals surface area contributed by atoms with Crippen LogP contribution in [0, 0.1) is 0 Å². The molecular formula is C21H17ClN4O2S. The Morgan fingerprint density at radius 2 is 1.93 bits per heavy atom. The van der Waals surface area contributed by atoms with Gasteiger partial charge in [0.05, 0.1) is 10.9 Å². The minimum atomic E-state index is -0.199. The smallest absolute Gasteiger partial charge is 0.258 e. The molecule has 146 valence electrons. The standard InChI is InChI=1S/C21H17ClN4O2S/c22-16-7-3-1-5-13(16)11-14-12-23-21(29-14)26-19(27)10-9-18-24-17-8-4-2-6-15(17)20(28)25-18/h1-8,12H,9-11H2,(H,23,26,27)(H,24,25,28). The van der Waals surface area contributed by atoms with Crippen LogP contribution in [0.15, 0.2) is 59.5 Å². The Labute approximate surface area is 175 Å². The molecule has 1 amide bonds. The number of para-hydroxylation sites is 1. The molecule has 0 aliphatic heterocycles. The summed E-state index contributed by atoms with van der Waals surface area (Å²) in [7, 11) is 0. The first kappa shape index (κ1) is 19.3. The zero-order chi connectivity index (χ0) is 20.2. The molecule has 0 unspecified atom stereocenters. The topological polar surface area (TPSA) is 87.7 Å². The van der Waals surface area contributed by atoms with E-state index < -0.39 is 0 Å². The first-order valence-corrected chi connectivity index (χ1v) is 10.2. The van der Waals surface area contributed by atoms with Crippen molar-refractivity contribution in [3.05, 3.63) is 86.4 Å². The molecule has 2 aromatic carbocycles. The fraction of sp³-hybridized carbons (Fsp3) is 0.143. The van der Waals surface area contributed by atoms with Crippen LogP contribution >= 0.6 is 22.9 Å². The number of halogens is 1. The Morgan fingerprint density at radius 3 is 2.79 bits per heavy atom. The molecule has 2 heterocycles. The van der Waals surface area contributed by atoms with Crippen molar-refractivity contribution >= 4 is 44.9 Å². The molecule has 2 N–H and O–H groups in total. The van der Waals surface area contributed by atoms with Crippen LogP contribution in [-0.4, -0.2) is 20.9 Å². The highest BCUT2D eigenvalue weighted by molar-refractivity contribution is 7.15. The fourth-order valence-corrected chi connectivity index (χ4v) is 4.00. The normalized spacial score (nSPS) is 10.9. The van der Waals surface area contributed by atoms with E-state index in [2.05, 4.69) is 20.3 Å². The maximum Gasteiger partial charge on any atom is 0.258 e. The molecule has 29 heavy (non-hydrogen) atoms. The van der Waals surface area contributed by atoms with Crippen molar-refractivity contribution in [2.24, 2.45) is 0 Å². The monoisotopic (exact) mass is 424 g/mol. The van der Waals surface area contributed by atoms with Gasteiger partial charge in [-0.15, -0.1) is 11.3 Å². The highest BCUT2D eigenvalue weighted by Gasteiger charge is 2.10. The number of thiazole rings is 1. The van der Waals surface area contributed by atoms with E-state index in [-0.39, 0.29) is 17.9 Å². The lowest BCUT2D eigenvalue weighted by molar-refractivity contribution is -0.116. The number of benzene rings is 2. The second-order valence-electron chi connectivity index (χ2n) is 6.48. The zero-order valence-electron chi connectivity index (χ0n) is 15.3. The number of carbonyl (C=O) groups excluding carboxylic acids is 1. The van der Waals surface area contributed by atoms with E-state index in [0.717, 1.165) is 10.4 Å². The summed E-state index contributed by atoms with van der Waals surface area (Å²) in [5.74, 6) is 0.307. The van der Waals surface area contributed by atoms with Crippen molar-refractivity contribution in [3.8, 4) is 0 Å². The molecular weight excluding hydrogens is 408 g/mol. The van der Waals surface area contributed by atoms with Crippen LogP contribution in [-0.2, 0) is 17.6 Å². The Morgan fingerprint density at radius 1 is 1.14 bits per heavy atom. The molecule has 0 radical (unpaired) electrons. The summed E-state index contributed by atoms with van der Waals surface area (Å²) in [6.45, 7) is 0. The Balaban J connectivity index is 1.36. The Hall–Kier alpha value is -3.03. The van der Waals surface area contributed by atoms with Gasteiger partial charge in [-0.3, -0.25) is 9.59 Å². The van der Waals surface area contributed by atoms with Gasteiger partial charge in [-0.25, -0.2) is 9.97 Å². The maximum absolute atomic E-state index is 12.3. The van der Waals surface area contributed by atoms with E-state index in [9.17, 15) is 9.59 Å². The third kappa shape index (κ3) is 4.70. The average molecular weight is 425 g/mol. The van der Waals surface area contributed by atoms with Crippen LogP contribution in [0.5, 0.6) is 0 Å². The van der Waals surface area contributed by atoms with Crippen molar-refractivity contribution < 1.29 is 4.79 Å². The minimum absolute atomic E-state index is 0.181. The second-order valence-corrected chi connectivity index (χ2v) is 8.00. The number of nitrogens with one attached hydrogen (secondary N) is 2. The molecule has 0 saturated carbocycles. The quantitative estimate of drug-likeness (QED) is 0.485. The molecule has 0 aliphatic carbocycles. The Kier molecular flexibility index (Phi) is 5.69. The summed E-state index contributed by atoms with van der Waals surface area (Å²) in [5.41, 5.74) is 1.44. The number of amides is 1. The Bertz CT molecular complexity index is 1230. The predicted octanol–water partition coefficient (Wildman–Crippen LogP) is 4.20. The van der Waals surface area contributed by atoms with E-state index in [1.807, 2.05) is 30.3 Å². The minimum Gasteiger partial charge on any atom is -0.310 e. The van der Waals surface area contributed by atoms with Crippen LogP contribution in [0.4, 0.5) is 5.13 Å². The highest BCUT2D eigenvalue weighted by Crippen LogP contribution is 2.24. The van der Waals surface area contributed by atoms with Gasteiger partial charge < -0.3 is 10.3 Å². The number of hydrogen-bond acceptors (Lipinski definition) is 5. The van der Waals surface area contributed by atoms with Crippen LogP contribution in [0.3, 0.4) is 0 Å². The molecule has 0 saturated heterocycles. The lowest BCUT2D eigenvalue weighted by Gasteiger charge is -2.03. The lowest BCUT2D eigenvalue weighted by atomic mass is 10.1. The van der Waals surface area contributed by atoms with E-state index in [1.165, 1.54) is 11.3 Å². The van der Waals surface area contributed by atoms with Crippen molar-refractivity contribution in [2.75, 3.05) is 5.32 Å². The van der Waals surface area contributed by atoms with Crippen LogP contribution in [0.25, 0.3) is 10.9 Å². The van der Waals surface area contributed by atoms with E-state index in [1.54, 1.807) is 24.4 Å². The van der Waals surface area contributed by atoms with E-state index >= 15 is 0 Å². The number of anilines is 1. The van der Waals surface area contributed by atoms with Crippen LogP contribution < -0.4 is 10.9 Å². The van der Waals surface area contributed by atoms with Crippen molar-refractivity contribution in [1.82, 2.24) is 15.0 Å². The fourth-order valence-electron chi connectivity index (χ4n) is 2.94. The molecule has 4 aromatic rings. The van der Waals surface area contributed by atoms with Gasteiger partial charge in [-0.2, -0.15) is 0 Å². The van der Waals surface area contributed by atoms with Crippen molar-refractivity contribution in [1.29, 1.82) is 0 Å². The lowest BCUT2D eigenvalue weighted by Crippen LogP contribution is -2.16. The van der Waals surface area contributed by atoms with Crippen molar-refractivity contribution in [2.45, 2.75) is 19.3 Å². The predicted molar refractivity (Wildman–Crippen MR) is 116 cm³/mol. The van der Waals surface area contributed by atoms with Gasteiger partial charge in [0.1, 0.15) is 5.82 Å². The third-order valence-corrected chi connectivity index (χ3v) is 5.65. The molecule has 0 spiro atoms. The largest absolute Gasteiger partial charge is 0.310 e. The molecule has 6 nitrogen and oxygen atoms in total. The SMILES string of the molecule is O=C(CCc1nc2ccccc2c(=O)[nH]1)Nc1ncc(Cc2ccccc2Cl)s1. The number of aryl methyl sites for hydroxylation is 1. The van der Waals surface area contributed by atoms with E-state index in [4.69, 9.17) is 11.6 Å². The molecule has 4 rings (SSSR count). The van der Waals surface area contributed by atoms with Gasteiger partial charge in [-0.05, 0) is 23.8 Å². The van der Waals surface area contributed by atoms with Gasteiger partial charge in [0.2, 0.25) is 5.91 Å². The summed E-state index contributed by atoms with van der Waals surface area (Å²) in [5, 5.41) is 4.59. The molecule has 0 fully saturated rings. The summed E-state index contributed by atoms with van der Waals surface area (Å²) in [4.78, 5) is 36.8.